The summed E-state index contributed by atoms with van der Waals surface area (Å²) in [5, 5.41) is 8.79. The van der Waals surface area contributed by atoms with Crippen LogP contribution in [0.5, 0.6) is 0 Å². The van der Waals surface area contributed by atoms with Gasteiger partial charge in [-0.2, -0.15) is 13.1 Å². The molecule has 2 N–H and O–H groups in total. The number of nitrogens with zero attached hydrogens (tertiary/aromatic N) is 1. The first-order valence-corrected chi connectivity index (χ1v) is 6.48. The fraction of sp³-hybridized carbons (Fsp3) is 0.500. The number of rotatable bonds is 3. The zero-order valence-electron chi connectivity index (χ0n) is 9.97. The Labute approximate surface area is 101 Å². The first-order valence-electron chi connectivity index (χ1n) is 5.04. The molecule has 0 unspecified atom stereocenters. The average molecular weight is 260 g/mol. The van der Waals surface area contributed by atoms with Crippen molar-refractivity contribution < 1.29 is 18.3 Å². The van der Waals surface area contributed by atoms with Gasteiger partial charge in [0.1, 0.15) is 0 Å². The number of hydrogen-bond acceptors (Lipinski definition) is 3. The van der Waals surface area contributed by atoms with Gasteiger partial charge in [-0.1, -0.05) is 6.08 Å². The van der Waals surface area contributed by atoms with E-state index >= 15 is 0 Å². The van der Waals surface area contributed by atoms with Crippen LogP contribution in [0.15, 0.2) is 23.9 Å². The molecule has 1 heterocycles. The van der Waals surface area contributed by atoms with Crippen molar-refractivity contribution in [1.82, 2.24) is 9.03 Å². The van der Waals surface area contributed by atoms with Crippen LogP contribution in [0, 0.1) is 0 Å². The van der Waals surface area contributed by atoms with E-state index in [1.165, 1.54) is 12.2 Å². The quantitative estimate of drug-likeness (QED) is 0.771. The van der Waals surface area contributed by atoms with E-state index in [0.29, 0.717) is 0 Å². The van der Waals surface area contributed by atoms with Crippen LogP contribution in [0.4, 0.5) is 0 Å². The number of carboxylic acid groups (broad SMARTS) is 1. The van der Waals surface area contributed by atoms with Crippen LogP contribution >= 0.6 is 0 Å². The number of aliphatic carboxylic acids is 1. The van der Waals surface area contributed by atoms with Gasteiger partial charge in [-0.25, -0.2) is 4.79 Å². The molecule has 0 radical (unpaired) electrons. The average Bonchev–Trinajstić information content (AvgIpc) is 2.14. The van der Waals surface area contributed by atoms with Crippen LogP contribution in [-0.2, 0) is 15.0 Å². The van der Waals surface area contributed by atoms with Crippen molar-refractivity contribution in [2.24, 2.45) is 0 Å². The third kappa shape index (κ3) is 3.86. The van der Waals surface area contributed by atoms with E-state index in [2.05, 4.69) is 4.72 Å². The molecule has 6 nitrogen and oxygen atoms in total. The van der Waals surface area contributed by atoms with Crippen molar-refractivity contribution in [2.75, 3.05) is 6.54 Å². The Hall–Kier alpha value is -1.34. The van der Waals surface area contributed by atoms with E-state index in [9.17, 15) is 13.2 Å². The second kappa shape index (κ2) is 4.50. The second-order valence-corrected chi connectivity index (χ2v) is 6.34. The molecule has 0 saturated carbocycles. The Morgan fingerprint density at radius 2 is 2.06 bits per heavy atom. The lowest BCUT2D eigenvalue weighted by molar-refractivity contribution is -0.132. The molecule has 0 saturated heterocycles. The zero-order chi connectivity index (χ0) is 13.3. The summed E-state index contributed by atoms with van der Waals surface area (Å²) in [6.07, 6.45) is 3.98. The smallest absolute Gasteiger partial charge is 0.337 e. The molecule has 0 atom stereocenters. The normalized spacial score (nSPS) is 16.9. The maximum absolute atomic E-state index is 11.9. The highest BCUT2D eigenvalue weighted by atomic mass is 32.2. The predicted molar refractivity (Wildman–Crippen MR) is 63.4 cm³/mol. The first kappa shape index (κ1) is 13.7. The molecule has 0 aliphatic carbocycles. The van der Waals surface area contributed by atoms with Crippen molar-refractivity contribution in [3.05, 3.63) is 23.9 Å². The van der Waals surface area contributed by atoms with E-state index in [0.717, 1.165) is 10.5 Å². The number of nitrogens with one attached hydrogen (secondary N) is 1. The van der Waals surface area contributed by atoms with Gasteiger partial charge in [-0.15, -0.1) is 0 Å². The summed E-state index contributed by atoms with van der Waals surface area (Å²) in [5.41, 5.74) is -0.674. The number of carboxylic acids is 1. The molecule has 17 heavy (non-hydrogen) atoms. The molecule has 0 spiro atoms. The van der Waals surface area contributed by atoms with Gasteiger partial charge < -0.3 is 5.11 Å². The van der Waals surface area contributed by atoms with Crippen LogP contribution < -0.4 is 4.72 Å². The molecule has 1 aliphatic rings. The van der Waals surface area contributed by atoms with Gasteiger partial charge in [-0.05, 0) is 26.8 Å². The molecule has 0 bridgehead atoms. The van der Waals surface area contributed by atoms with E-state index in [-0.39, 0.29) is 12.1 Å². The predicted octanol–water partition coefficient (Wildman–Crippen LogP) is 0.460. The summed E-state index contributed by atoms with van der Waals surface area (Å²) in [5.74, 6) is -1.16. The molecule has 0 aromatic carbocycles. The number of hydrogen-bond donors (Lipinski definition) is 2. The highest BCUT2D eigenvalue weighted by Crippen LogP contribution is 2.13. The SMILES string of the molecule is CC(C)(C)NS(=O)(=O)N1C=C(C(=O)O)C=CC1. The van der Waals surface area contributed by atoms with E-state index < -0.39 is 21.7 Å². The van der Waals surface area contributed by atoms with Crippen molar-refractivity contribution in [3.63, 3.8) is 0 Å². The standard InChI is InChI=1S/C10H16N2O4S/c1-10(2,3)11-17(15,16)12-6-4-5-8(7-12)9(13)14/h4-5,7,11H,6H2,1-3H3,(H,13,14). The molecular formula is C10H16N2O4S. The van der Waals surface area contributed by atoms with Crippen LogP contribution in [-0.4, -0.2) is 35.9 Å². The Bertz CT molecular complexity index is 471. The maximum atomic E-state index is 11.9. The fourth-order valence-electron chi connectivity index (χ4n) is 1.27. The Balaban J connectivity index is 2.95. The minimum atomic E-state index is -3.72. The lowest BCUT2D eigenvalue weighted by Crippen LogP contribution is -2.47. The van der Waals surface area contributed by atoms with E-state index in [1.807, 2.05) is 0 Å². The summed E-state index contributed by atoms with van der Waals surface area (Å²) in [4.78, 5) is 10.8. The summed E-state index contributed by atoms with van der Waals surface area (Å²) < 4.78 is 27.3. The molecule has 7 heteroatoms. The van der Waals surface area contributed by atoms with Gasteiger partial charge in [0.25, 0.3) is 0 Å². The van der Waals surface area contributed by atoms with Gasteiger partial charge in [0, 0.05) is 11.7 Å². The minimum absolute atomic E-state index is 0.0597. The summed E-state index contributed by atoms with van der Waals surface area (Å²) in [7, 11) is -3.72. The third-order valence-electron chi connectivity index (χ3n) is 1.86. The highest BCUT2D eigenvalue weighted by molar-refractivity contribution is 7.87. The minimum Gasteiger partial charge on any atom is -0.478 e. The van der Waals surface area contributed by atoms with Crippen molar-refractivity contribution in [3.8, 4) is 0 Å². The van der Waals surface area contributed by atoms with E-state index in [1.54, 1.807) is 20.8 Å². The van der Waals surface area contributed by atoms with Gasteiger partial charge >= 0.3 is 16.2 Å². The van der Waals surface area contributed by atoms with Crippen molar-refractivity contribution in [1.29, 1.82) is 0 Å². The van der Waals surface area contributed by atoms with Gasteiger partial charge in [0.05, 0.1) is 12.1 Å². The van der Waals surface area contributed by atoms with Crippen LogP contribution in [0.25, 0.3) is 0 Å². The monoisotopic (exact) mass is 260 g/mol. The van der Waals surface area contributed by atoms with Gasteiger partial charge in [0.2, 0.25) is 0 Å². The zero-order valence-corrected chi connectivity index (χ0v) is 10.8. The fourth-order valence-corrected chi connectivity index (χ4v) is 2.70. The largest absolute Gasteiger partial charge is 0.478 e. The molecular weight excluding hydrogens is 244 g/mol. The van der Waals surface area contributed by atoms with Gasteiger partial charge in [-0.3, -0.25) is 4.31 Å². The highest BCUT2D eigenvalue weighted by Gasteiger charge is 2.26. The summed E-state index contributed by atoms with van der Waals surface area (Å²) in [6, 6.07) is 0. The Morgan fingerprint density at radius 1 is 1.47 bits per heavy atom. The lowest BCUT2D eigenvalue weighted by Gasteiger charge is -2.27. The van der Waals surface area contributed by atoms with Gasteiger partial charge in [0.15, 0.2) is 0 Å². The third-order valence-corrected chi connectivity index (χ3v) is 3.60. The Kier molecular flexibility index (Phi) is 3.63. The van der Waals surface area contributed by atoms with Crippen LogP contribution in [0.3, 0.4) is 0 Å². The second-order valence-electron chi connectivity index (χ2n) is 4.72. The Morgan fingerprint density at radius 3 is 2.53 bits per heavy atom. The molecule has 0 fully saturated rings. The maximum Gasteiger partial charge on any atom is 0.337 e. The molecule has 0 aromatic rings. The topological polar surface area (TPSA) is 86.7 Å². The molecule has 1 aliphatic heterocycles. The van der Waals surface area contributed by atoms with Crippen molar-refractivity contribution in [2.45, 2.75) is 26.3 Å². The molecule has 0 amide bonds. The summed E-state index contributed by atoms with van der Waals surface area (Å²) >= 11 is 0. The van der Waals surface area contributed by atoms with Crippen LogP contribution in [0.1, 0.15) is 20.8 Å². The number of carbonyl (C=O) groups is 1. The van der Waals surface area contributed by atoms with E-state index in [4.69, 9.17) is 5.11 Å². The molecule has 0 aromatic heterocycles. The lowest BCUT2D eigenvalue weighted by atomic mass is 10.1. The van der Waals surface area contributed by atoms with Crippen molar-refractivity contribution >= 4 is 16.2 Å². The first-order chi connectivity index (χ1) is 7.62. The molecule has 1 rings (SSSR count). The van der Waals surface area contributed by atoms with Crippen LogP contribution in [0.2, 0.25) is 0 Å². The molecule has 96 valence electrons. The summed E-state index contributed by atoms with van der Waals surface area (Å²) in [6.45, 7) is 5.27.